The summed E-state index contributed by atoms with van der Waals surface area (Å²) in [6.45, 7) is 6.46. The van der Waals surface area contributed by atoms with Crippen molar-refractivity contribution in [1.29, 1.82) is 0 Å². The molecule has 0 amide bonds. The fourth-order valence-electron chi connectivity index (χ4n) is 4.16. The van der Waals surface area contributed by atoms with Crippen LogP contribution in [0.1, 0.15) is 41.7 Å². The number of rotatable bonds is 6. The van der Waals surface area contributed by atoms with E-state index in [0.29, 0.717) is 13.1 Å². The zero-order valence-electron chi connectivity index (χ0n) is 19.1. The minimum Gasteiger partial charge on any atom is -0.290 e. The summed E-state index contributed by atoms with van der Waals surface area (Å²) in [7, 11) is 0. The monoisotopic (exact) mass is 421 g/mol. The van der Waals surface area contributed by atoms with Crippen LogP contribution in [0, 0.1) is 0 Å². The summed E-state index contributed by atoms with van der Waals surface area (Å²) >= 11 is 0. The van der Waals surface area contributed by atoms with Gasteiger partial charge in [-0.3, -0.25) is 9.69 Å². The van der Waals surface area contributed by atoms with Crippen molar-refractivity contribution in [3.8, 4) is 0 Å². The summed E-state index contributed by atoms with van der Waals surface area (Å²) in [4.78, 5) is 15.8. The summed E-state index contributed by atoms with van der Waals surface area (Å²) in [6.07, 6.45) is 6.16. The van der Waals surface area contributed by atoms with Crippen LogP contribution >= 0.6 is 0 Å². The average molecular weight is 422 g/mol. The second kappa shape index (κ2) is 10.4. The van der Waals surface area contributed by atoms with E-state index in [1.807, 2.05) is 6.07 Å². The number of piperidine rings is 1. The third-order valence-electron chi connectivity index (χ3n) is 6.08. The molecule has 0 atom stereocenters. The number of carbonyl (C=O) groups excluding carboxylic acids is 1. The van der Waals surface area contributed by atoms with Gasteiger partial charge in [0.15, 0.2) is 5.78 Å². The van der Waals surface area contributed by atoms with Crippen LogP contribution in [0.3, 0.4) is 0 Å². The van der Waals surface area contributed by atoms with Crippen LogP contribution < -0.4 is 0 Å². The number of hydrogen-bond donors (Lipinski definition) is 0. The van der Waals surface area contributed by atoms with Gasteiger partial charge in [-0.25, -0.2) is 0 Å². The van der Waals surface area contributed by atoms with Gasteiger partial charge >= 0.3 is 0 Å². The molecule has 0 saturated carbocycles. The molecule has 0 N–H and O–H groups in total. The molecule has 4 rings (SSSR count). The lowest BCUT2D eigenvalue weighted by atomic mass is 9.93. The topological polar surface area (TPSA) is 20.3 Å². The first-order valence-corrected chi connectivity index (χ1v) is 11.5. The van der Waals surface area contributed by atoms with Crippen molar-refractivity contribution in [3.63, 3.8) is 0 Å². The molecule has 32 heavy (non-hydrogen) atoms. The zero-order valence-corrected chi connectivity index (χ0v) is 19.1. The third kappa shape index (κ3) is 5.52. The molecule has 2 nitrogen and oxygen atoms in total. The molecular weight excluding hydrogens is 390 g/mol. The van der Waals surface area contributed by atoms with E-state index in [2.05, 4.69) is 104 Å². The van der Waals surface area contributed by atoms with Crippen LogP contribution in [0.2, 0.25) is 0 Å². The second-order valence-corrected chi connectivity index (χ2v) is 8.49. The van der Waals surface area contributed by atoms with E-state index in [-0.39, 0.29) is 5.78 Å². The SMILES string of the molecule is CCc1ccc(/C=C2/CN(Cc3ccccc3)C/C(=C\c3ccc(CC)cc3)C2=O)cc1. The van der Waals surface area contributed by atoms with Crippen LogP contribution in [-0.4, -0.2) is 23.8 Å². The average Bonchev–Trinajstić information content (AvgIpc) is 2.83. The number of benzene rings is 3. The predicted octanol–water partition coefficient (Wildman–Crippen LogP) is 6.36. The van der Waals surface area contributed by atoms with Gasteiger partial charge in [-0.1, -0.05) is 92.7 Å². The molecule has 2 heteroatoms. The highest BCUT2D eigenvalue weighted by molar-refractivity contribution is 6.14. The van der Waals surface area contributed by atoms with Gasteiger partial charge in [0.05, 0.1) is 0 Å². The molecule has 1 heterocycles. The number of ketones is 1. The number of nitrogens with zero attached hydrogens (tertiary/aromatic N) is 1. The Kier molecular flexibility index (Phi) is 7.14. The van der Waals surface area contributed by atoms with Crippen molar-refractivity contribution in [2.24, 2.45) is 0 Å². The maximum atomic E-state index is 13.4. The Morgan fingerprint density at radius 3 is 1.56 bits per heavy atom. The maximum absolute atomic E-state index is 13.4. The first-order chi connectivity index (χ1) is 15.6. The molecule has 3 aromatic carbocycles. The highest BCUT2D eigenvalue weighted by Gasteiger charge is 2.26. The Hall–Kier alpha value is -3.23. The number of Topliss-reactive ketones (excluding diaryl/α,β-unsaturated/α-hetero) is 1. The molecule has 1 aliphatic heterocycles. The summed E-state index contributed by atoms with van der Waals surface area (Å²) in [5, 5.41) is 0. The molecule has 0 aliphatic carbocycles. The first-order valence-electron chi connectivity index (χ1n) is 11.5. The van der Waals surface area contributed by atoms with Gasteiger partial charge in [0.1, 0.15) is 0 Å². The largest absolute Gasteiger partial charge is 0.290 e. The Balaban J connectivity index is 1.65. The van der Waals surface area contributed by atoms with E-state index in [0.717, 1.165) is 41.7 Å². The summed E-state index contributed by atoms with van der Waals surface area (Å²) < 4.78 is 0. The Labute approximate surface area is 191 Å². The summed E-state index contributed by atoms with van der Waals surface area (Å²) in [5.74, 6) is 0.161. The molecule has 0 bridgehead atoms. The molecule has 1 aliphatic rings. The zero-order chi connectivity index (χ0) is 22.3. The summed E-state index contributed by atoms with van der Waals surface area (Å²) in [5.41, 5.74) is 7.76. The van der Waals surface area contributed by atoms with E-state index in [1.165, 1.54) is 16.7 Å². The number of hydrogen-bond acceptors (Lipinski definition) is 2. The second-order valence-electron chi connectivity index (χ2n) is 8.49. The van der Waals surface area contributed by atoms with Crippen LogP contribution in [0.5, 0.6) is 0 Å². The first kappa shape index (κ1) is 22.0. The van der Waals surface area contributed by atoms with Gasteiger partial charge in [-0.15, -0.1) is 0 Å². The third-order valence-corrected chi connectivity index (χ3v) is 6.08. The normalized spacial score (nSPS) is 17.2. The predicted molar refractivity (Wildman–Crippen MR) is 134 cm³/mol. The molecule has 1 saturated heterocycles. The fraction of sp³-hybridized carbons (Fsp3) is 0.233. The minimum absolute atomic E-state index is 0.161. The number of carbonyl (C=O) groups is 1. The van der Waals surface area contributed by atoms with Gasteiger partial charge in [0.25, 0.3) is 0 Å². The van der Waals surface area contributed by atoms with Gasteiger partial charge in [0, 0.05) is 30.8 Å². The highest BCUT2D eigenvalue weighted by atomic mass is 16.1. The number of aryl methyl sites for hydroxylation is 2. The van der Waals surface area contributed by atoms with Crippen molar-refractivity contribution in [1.82, 2.24) is 4.90 Å². The van der Waals surface area contributed by atoms with E-state index < -0.39 is 0 Å². The molecule has 3 aromatic rings. The van der Waals surface area contributed by atoms with Crippen molar-refractivity contribution < 1.29 is 4.79 Å². The van der Waals surface area contributed by atoms with Crippen LogP contribution in [0.25, 0.3) is 12.2 Å². The molecule has 0 radical (unpaired) electrons. The van der Waals surface area contributed by atoms with Crippen molar-refractivity contribution in [3.05, 3.63) is 118 Å². The van der Waals surface area contributed by atoms with Crippen molar-refractivity contribution in [2.75, 3.05) is 13.1 Å². The van der Waals surface area contributed by atoms with Gasteiger partial charge in [0.2, 0.25) is 0 Å². The lowest BCUT2D eigenvalue weighted by Crippen LogP contribution is -2.37. The Morgan fingerprint density at radius 2 is 1.12 bits per heavy atom. The van der Waals surface area contributed by atoms with E-state index in [4.69, 9.17) is 0 Å². The lowest BCUT2D eigenvalue weighted by molar-refractivity contribution is -0.113. The molecular formula is C30H31NO. The van der Waals surface area contributed by atoms with E-state index in [9.17, 15) is 4.79 Å². The Bertz CT molecular complexity index is 1040. The molecule has 0 aromatic heterocycles. The molecule has 0 unspecified atom stereocenters. The maximum Gasteiger partial charge on any atom is 0.187 e. The lowest BCUT2D eigenvalue weighted by Gasteiger charge is -2.30. The minimum atomic E-state index is 0.161. The molecule has 1 fully saturated rings. The fourth-order valence-corrected chi connectivity index (χ4v) is 4.16. The van der Waals surface area contributed by atoms with Crippen LogP contribution in [-0.2, 0) is 24.2 Å². The molecule has 0 spiro atoms. The standard InChI is InChI=1S/C30H31NO/c1-3-23-10-14-25(15-11-23)18-28-21-31(20-27-8-6-5-7-9-27)22-29(30(28)32)19-26-16-12-24(4-2)13-17-26/h5-19H,3-4,20-22H2,1-2H3/b28-18-,29-19+. The quantitative estimate of drug-likeness (QED) is 0.431. The van der Waals surface area contributed by atoms with Crippen LogP contribution in [0.4, 0.5) is 0 Å². The number of likely N-dealkylation sites (tertiary alicyclic amines) is 1. The summed E-state index contributed by atoms with van der Waals surface area (Å²) in [6, 6.07) is 27.5. The van der Waals surface area contributed by atoms with Gasteiger partial charge in [-0.2, -0.15) is 0 Å². The van der Waals surface area contributed by atoms with E-state index in [1.54, 1.807) is 0 Å². The van der Waals surface area contributed by atoms with Crippen molar-refractivity contribution >= 4 is 17.9 Å². The smallest absolute Gasteiger partial charge is 0.187 e. The van der Waals surface area contributed by atoms with Gasteiger partial charge in [-0.05, 0) is 52.8 Å². The van der Waals surface area contributed by atoms with E-state index >= 15 is 0 Å². The van der Waals surface area contributed by atoms with Gasteiger partial charge < -0.3 is 0 Å². The van der Waals surface area contributed by atoms with Crippen molar-refractivity contribution in [2.45, 2.75) is 33.2 Å². The Morgan fingerprint density at radius 1 is 0.656 bits per heavy atom. The highest BCUT2D eigenvalue weighted by Crippen LogP contribution is 2.24. The van der Waals surface area contributed by atoms with Crippen LogP contribution in [0.15, 0.2) is 90.0 Å². The molecule has 162 valence electrons.